The van der Waals surface area contributed by atoms with Crippen LogP contribution in [0.4, 0.5) is 0 Å². The SMILES string of the molecule is CCOC(=O)[C@@H]1OC(=O)[C@@H](C(=O)OC)[C@@H]1c1cn(S(=O)(=O)c2ccc(C)cc2)c2ccccc12. The van der Waals surface area contributed by atoms with Crippen LogP contribution in [0.25, 0.3) is 10.9 Å². The summed E-state index contributed by atoms with van der Waals surface area (Å²) >= 11 is 0. The van der Waals surface area contributed by atoms with Crippen LogP contribution >= 0.6 is 0 Å². The molecule has 0 aliphatic carbocycles. The third-order valence-electron chi connectivity index (χ3n) is 5.80. The summed E-state index contributed by atoms with van der Waals surface area (Å²) in [5.74, 6) is -5.25. The lowest BCUT2D eigenvalue weighted by molar-refractivity contribution is -0.163. The molecule has 0 amide bonds. The van der Waals surface area contributed by atoms with Crippen LogP contribution in [0.2, 0.25) is 0 Å². The van der Waals surface area contributed by atoms with Gasteiger partial charge in [0.25, 0.3) is 10.0 Å². The molecule has 0 unspecified atom stereocenters. The molecule has 34 heavy (non-hydrogen) atoms. The Morgan fingerprint density at radius 1 is 1.06 bits per heavy atom. The molecule has 3 atom stereocenters. The van der Waals surface area contributed by atoms with Crippen molar-refractivity contribution in [1.29, 1.82) is 0 Å². The van der Waals surface area contributed by atoms with E-state index in [2.05, 4.69) is 0 Å². The number of aryl methyl sites for hydroxylation is 1. The number of carbonyl (C=O) groups is 3. The summed E-state index contributed by atoms with van der Waals surface area (Å²) in [6, 6.07) is 13.0. The molecule has 2 heterocycles. The van der Waals surface area contributed by atoms with Crippen molar-refractivity contribution in [2.45, 2.75) is 30.8 Å². The highest BCUT2D eigenvalue weighted by atomic mass is 32.2. The zero-order valence-corrected chi connectivity index (χ0v) is 19.6. The van der Waals surface area contributed by atoms with E-state index in [0.29, 0.717) is 10.9 Å². The number of cyclic esters (lactones) is 1. The second-order valence-corrected chi connectivity index (χ2v) is 9.67. The summed E-state index contributed by atoms with van der Waals surface area (Å²) in [4.78, 5) is 37.9. The summed E-state index contributed by atoms with van der Waals surface area (Å²) < 4.78 is 43.2. The van der Waals surface area contributed by atoms with Gasteiger partial charge in [0, 0.05) is 11.6 Å². The van der Waals surface area contributed by atoms with Gasteiger partial charge in [-0.05, 0) is 37.6 Å². The number of aromatic nitrogens is 1. The molecular formula is C24H23NO8S. The highest BCUT2D eigenvalue weighted by Gasteiger charge is 2.54. The van der Waals surface area contributed by atoms with E-state index in [1.54, 1.807) is 43.3 Å². The smallest absolute Gasteiger partial charge is 0.348 e. The Morgan fingerprint density at radius 3 is 2.38 bits per heavy atom. The third kappa shape index (κ3) is 3.83. The van der Waals surface area contributed by atoms with Gasteiger partial charge in [0.1, 0.15) is 0 Å². The molecule has 10 heteroatoms. The number of carbonyl (C=O) groups excluding carboxylic acids is 3. The number of hydrogen-bond donors (Lipinski definition) is 0. The van der Waals surface area contributed by atoms with Gasteiger partial charge in [-0.1, -0.05) is 35.9 Å². The van der Waals surface area contributed by atoms with E-state index in [9.17, 15) is 22.8 Å². The van der Waals surface area contributed by atoms with Crippen LogP contribution in [0.5, 0.6) is 0 Å². The lowest BCUT2D eigenvalue weighted by Gasteiger charge is -2.18. The zero-order valence-electron chi connectivity index (χ0n) is 18.8. The summed E-state index contributed by atoms with van der Waals surface area (Å²) in [7, 11) is -2.92. The van der Waals surface area contributed by atoms with Crippen LogP contribution in [0.3, 0.4) is 0 Å². The van der Waals surface area contributed by atoms with Crippen molar-refractivity contribution in [2.75, 3.05) is 13.7 Å². The van der Waals surface area contributed by atoms with Crippen molar-refractivity contribution in [3.05, 3.63) is 65.9 Å². The monoisotopic (exact) mass is 485 g/mol. The maximum absolute atomic E-state index is 13.5. The summed E-state index contributed by atoms with van der Waals surface area (Å²) in [5, 5.41) is 0.449. The molecule has 178 valence electrons. The van der Waals surface area contributed by atoms with Crippen LogP contribution in [0.1, 0.15) is 24.0 Å². The predicted molar refractivity (Wildman–Crippen MR) is 120 cm³/mol. The number of fused-ring (bicyclic) bond motifs is 1. The number of methoxy groups -OCH3 is 1. The van der Waals surface area contributed by atoms with E-state index in [-0.39, 0.29) is 17.1 Å². The lowest BCUT2D eigenvalue weighted by Crippen LogP contribution is -2.32. The fraction of sp³-hybridized carbons (Fsp3) is 0.292. The standard InChI is InChI=1S/C24H23NO8S/c1-4-32-24(28)21-19(20(22(26)31-3)23(27)33-21)17-13-25(18-8-6-5-7-16(17)18)34(29,30)15-11-9-14(2)10-12-15/h5-13,19-21H,4H2,1-3H3/t19-,20+,21+/m0/s1. The first kappa shape index (κ1) is 23.5. The van der Waals surface area contributed by atoms with E-state index >= 15 is 0 Å². The minimum atomic E-state index is -4.04. The maximum Gasteiger partial charge on any atom is 0.348 e. The Morgan fingerprint density at radius 2 is 1.74 bits per heavy atom. The molecule has 0 bridgehead atoms. The van der Waals surface area contributed by atoms with Crippen LogP contribution in [-0.2, 0) is 38.6 Å². The Bertz CT molecular complexity index is 1370. The number of rotatable bonds is 6. The number of nitrogens with zero attached hydrogens (tertiary/aromatic N) is 1. The summed E-state index contributed by atoms with van der Waals surface area (Å²) in [6.45, 7) is 3.48. The van der Waals surface area contributed by atoms with Gasteiger partial charge in [0.2, 0.25) is 6.10 Å². The van der Waals surface area contributed by atoms with Crippen molar-refractivity contribution in [1.82, 2.24) is 3.97 Å². The van der Waals surface area contributed by atoms with Crippen molar-refractivity contribution < 1.29 is 37.0 Å². The average molecular weight is 486 g/mol. The Hall–Kier alpha value is -3.66. The minimum absolute atomic E-state index is 0.0338. The van der Waals surface area contributed by atoms with Crippen LogP contribution in [0, 0.1) is 12.8 Å². The van der Waals surface area contributed by atoms with Gasteiger partial charge in [-0.15, -0.1) is 0 Å². The van der Waals surface area contributed by atoms with Gasteiger partial charge in [0.15, 0.2) is 5.92 Å². The first-order chi connectivity index (χ1) is 16.2. The predicted octanol–water partition coefficient (Wildman–Crippen LogP) is 2.55. The number of benzene rings is 2. The molecule has 1 fully saturated rings. The molecule has 1 aliphatic heterocycles. The van der Waals surface area contributed by atoms with Crippen molar-refractivity contribution >= 4 is 38.8 Å². The number of para-hydroxylation sites is 1. The molecule has 0 radical (unpaired) electrons. The second kappa shape index (κ2) is 8.94. The molecule has 1 aromatic heterocycles. The van der Waals surface area contributed by atoms with E-state index in [1.807, 2.05) is 6.92 Å². The topological polar surface area (TPSA) is 118 Å². The van der Waals surface area contributed by atoms with E-state index in [1.165, 1.54) is 18.3 Å². The van der Waals surface area contributed by atoms with Crippen LogP contribution in [0.15, 0.2) is 59.6 Å². The number of ether oxygens (including phenoxy) is 3. The van der Waals surface area contributed by atoms with E-state index < -0.39 is 45.9 Å². The fourth-order valence-electron chi connectivity index (χ4n) is 4.19. The first-order valence-electron chi connectivity index (χ1n) is 10.6. The van der Waals surface area contributed by atoms with E-state index in [4.69, 9.17) is 14.2 Å². The Kier molecular flexibility index (Phi) is 6.18. The van der Waals surface area contributed by atoms with Gasteiger partial charge in [-0.3, -0.25) is 9.59 Å². The summed E-state index contributed by atoms with van der Waals surface area (Å²) in [6.07, 6.45) is -0.104. The Balaban J connectivity index is 1.94. The molecule has 2 aromatic carbocycles. The molecule has 0 saturated carbocycles. The minimum Gasteiger partial charge on any atom is -0.468 e. The molecule has 1 saturated heterocycles. The molecule has 1 aliphatic rings. The molecular weight excluding hydrogens is 462 g/mol. The highest BCUT2D eigenvalue weighted by molar-refractivity contribution is 7.90. The molecule has 4 rings (SSSR count). The van der Waals surface area contributed by atoms with Crippen molar-refractivity contribution in [2.24, 2.45) is 5.92 Å². The lowest BCUT2D eigenvalue weighted by atomic mass is 9.84. The number of esters is 3. The quantitative estimate of drug-likeness (QED) is 0.297. The Labute approximate surface area is 196 Å². The second-order valence-electron chi connectivity index (χ2n) is 7.85. The molecule has 3 aromatic rings. The average Bonchev–Trinajstić information content (AvgIpc) is 3.37. The van der Waals surface area contributed by atoms with Crippen LogP contribution < -0.4 is 0 Å². The molecule has 0 spiro atoms. The molecule has 9 nitrogen and oxygen atoms in total. The first-order valence-corrected chi connectivity index (χ1v) is 12.0. The largest absolute Gasteiger partial charge is 0.468 e. The van der Waals surface area contributed by atoms with Crippen molar-refractivity contribution in [3.8, 4) is 0 Å². The number of hydrogen-bond acceptors (Lipinski definition) is 8. The van der Waals surface area contributed by atoms with Crippen LogP contribution in [-0.4, -0.2) is 50.1 Å². The molecule has 0 N–H and O–H groups in total. The van der Waals surface area contributed by atoms with Gasteiger partial charge >= 0.3 is 17.9 Å². The maximum atomic E-state index is 13.5. The van der Waals surface area contributed by atoms with Gasteiger partial charge in [-0.25, -0.2) is 17.2 Å². The summed E-state index contributed by atoms with van der Waals surface area (Å²) in [5.41, 5.74) is 1.51. The zero-order chi connectivity index (χ0) is 24.6. The van der Waals surface area contributed by atoms with Gasteiger partial charge in [-0.2, -0.15) is 0 Å². The van der Waals surface area contributed by atoms with Gasteiger partial charge < -0.3 is 14.2 Å². The third-order valence-corrected chi connectivity index (χ3v) is 7.49. The van der Waals surface area contributed by atoms with E-state index in [0.717, 1.165) is 16.6 Å². The fourth-order valence-corrected chi connectivity index (χ4v) is 5.57. The van der Waals surface area contributed by atoms with Gasteiger partial charge in [0.05, 0.1) is 30.0 Å². The highest BCUT2D eigenvalue weighted by Crippen LogP contribution is 2.43. The normalized spacial score (nSPS) is 20.2. The van der Waals surface area contributed by atoms with Crippen molar-refractivity contribution in [3.63, 3.8) is 0 Å².